The van der Waals surface area contributed by atoms with Crippen molar-refractivity contribution in [2.45, 2.75) is 13.8 Å². The Morgan fingerprint density at radius 3 is 2.40 bits per heavy atom. The van der Waals surface area contributed by atoms with Crippen LogP contribution in [0.2, 0.25) is 0 Å². The summed E-state index contributed by atoms with van der Waals surface area (Å²) < 4.78 is 0. The maximum atomic E-state index is 11.9. The first-order chi connectivity index (χ1) is 9.38. The Labute approximate surface area is 119 Å². The van der Waals surface area contributed by atoms with Gasteiger partial charge >= 0.3 is 6.03 Å². The van der Waals surface area contributed by atoms with Crippen molar-refractivity contribution in [3.63, 3.8) is 0 Å². The van der Waals surface area contributed by atoms with Gasteiger partial charge in [-0.15, -0.1) is 0 Å². The van der Waals surface area contributed by atoms with Gasteiger partial charge in [-0.25, -0.2) is 4.79 Å². The summed E-state index contributed by atoms with van der Waals surface area (Å²) in [6, 6.07) is 6.48. The highest BCUT2D eigenvalue weighted by molar-refractivity contribution is 5.92. The highest BCUT2D eigenvalue weighted by Crippen LogP contribution is 2.10. The number of likely N-dealkylation sites (N-methyl/N-ethyl adjacent to an activating group) is 1. The van der Waals surface area contributed by atoms with Crippen molar-refractivity contribution < 1.29 is 9.59 Å². The zero-order valence-electron chi connectivity index (χ0n) is 12.1. The van der Waals surface area contributed by atoms with Crippen molar-refractivity contribution in [2.24, 2.45) is 5.92 Å². The van der Waals surface area contributed by atoms with Crippen molar-refractivity contribution in [2.75, 3.05) is 31.2 Å². The topological polar surface area (TPSA) is 87.5 Å². The second-order valence-electron chi connectivity index (χ2n) is 5.11. The zero-order valence-corrected chi connectivity index (χ0v) is 12.1. The molecule has 6 nitrogen and oxygen atoms in total. The number of hydrogen-bond acceptors (Lipinski definition) is 3. The highest BCUT2D eigenvalue weighted by Gasteiger charge is 2.12. The monoisotopic (exact) mass is 278 g/mol. The molecule has 20 heavy (non-hydrogen) atoms. The SMILES string of the molecule is CC(C)CNC(=O)CN(C)C(=O)Nc1ccc(N)cc1. The third kappa shape index (κ3) is 5.60. The summed E-state index contributed by atoms with van der Waals surface area (Å²) in [7, 11) is 1.57. The molecule has 0 bridgehead atoms. The van der Waals surface area contributed by atoms with Crippen molar-refractivity contribution in [1.29, 1.82) is 0 Å². The van der Waals surface area contributed by atoms with E-state index in [-0.39, 0.29) is 18.5 Å². The lowest BCUT2D eigenvalue weighted by Gasteiger charge is -2.18. The van der Waals surface area contributed by atoms with Gasteiger partial charge in [0.15, 0.2) is 0 Å². The molecule has 0 saturated carbocycles. The minimum atomic E-state index is -0.338. The normalized spacial score (nSPS) is 10.2. The van der Waals surface area contributed by atoms with Gasteiger partial charge < -0.3 is 21.3 Å². The zero-order chi connectivity index (χ0) is 15.1. The largest absolute Gasteiger partial charge is 0.399 e. The average molecular weight is 278 g/mol. The van der Waals surface area contributed by atoms with Crippen LogP contribution in [-0.4, -0.2) is 37.0 Å². The fourth-order valence-corrected chi connectivity index (χ4v) is 1.45. The van der Waals surface area contributed by atoms with Crippen LogP contribution in [0.5, 0.6) is 0 Å². The first-order valence-electron chi connectivity index (χ1n) is 6.53. The molecular formula is C14H22N4O2. The lowest BCUT2D eigenvalue weighted by molar-refractivity contribution is -0.121. The third-order valence-corrected chi connectivity index (χ3v) is 2.60. The molecule has 6 heteroatoms. The molecule has 0 atom stereocenters. The average Bonchev–Trinajstić information content (AvgIpc) is 2.39. The number of urea groups is 1. The van der Waals surface area contributed by atoms with Gasteiger partial charge in [0.1, 0.15) is 6.54 Å². The molecule has 0 radical (unpaired) electrons. The van der Waals surface area contributed by atoms with E-state index in [0.717, 1.165) is 0 Å². The quantitative estimate of drug-likeness (QED) is 0.713. The molecule has 1 aromatic rings. The van der Waals surface area contributed by atoms with E-state index >= 15 is 0 Å². The van der Waals surface area contributed by atoms with Crippen molar-refractivity contribution in [3.05, 3.63) is 24.3 Å². The fourth-order valence-electron chi connectivity index (χ4n) is 1.45. The van der Waals surface area contributed by atoms with Gasteiger partial charge in [-0.05, 0) is 30.2 Å². The molecule has 1 aromatic carbocycles. The Bertz CT molecular complexity index is 457. The molecular weight excluding hydrogens is 256 g/mol. The molecule has 0 fully saturated rings. The Morgan fingerprint density at radius 2 is 1.85 bits per heavy atom. The molecule has 1 rings (SSSR count). The van der Waals surface area contributed by atoms with Crippen LogP contribution in [-0.2, 0) is 4.79 Å². The van der Waals surface area contributed by atoms with Crippen LogP contribution in [0.4, 0.5) is 16.2 Å². The second kappa shape index (κ2) is 7.37. The molecule has 0 aliphatic rings. The summed E-state index contributed by atoms with van der Waals surface area (Å²) >= 11 is 0. The van der Waals surface area contributed by atoms with Crippen LogP contribution in [0.3, 0.4) is 0 Å². The number of nitrogens with zero attached hydrogens (tertiary/aromatic N) is 1. The lowest BCUT2D eigenvalue weighted by Crippen LogP contribution is -2.41. The molecule has 3 amide bonds. The lowest BCUT2D eigenvalue weighted by atomic mass is 10.2. The Hall–Kier alpha value is -2.24. The van der Waals surface area contributed by atoms with Crippen LogP contribution >= 0.6 is 0 Å². The number of nitrogens with two attached hydrogens (primary N) is 1. The van der Waals surface area contributed by atoms with Crippen LogP contribution in [0.25, 0.3) is 0 Å². The Kier molecular flexibility index (Phi) is 5.83. The molecule has 0 aliphatic heterocycles. The van der Waals surface area contributed by atoms with E-state index in [9.17, 15) is 9.59 Å². The van der Waals surface area contributed by atoms with Gasteiger partial charge in [-0.3, -0.25) is 4.79 Å². The number of nitrogens with one attached hydrogen (secondary N) is 2. The molecule has 0 spiro atoms. The minimum Gasteiger partial charge on any atom is -0.399 e. The van der Waals surface area contributed by atoms with E-state index in [4.69, 9.17) is 5.73 Å². The number of carbonyl (C=O) groups excluding carboxylic acids is 2. The summed E-state index contributed by atoms with van der Waals surface area (Å²) in [6.07, 6.45) is 0. The van der Waals surface area contributed by atoms with Gasteiger partial charge in [0.25, 0.3) is 0 Å². The van der Waals surface area contributed by atoms with Crippen molar-refractivity contribution in [1.82, 2.24) is 10.2 Å². The number of carbonyl (C=O) groups is 2. The maximum absolute atomic E-state index is 11.9. The second-order valence-corrected chi connectivity index (χ2v) is 5.11. The van der Waals surface area contributed by atoms with Crippen LogP contribution in [0.15, 0.2) is 24.3 Å². The number of anilines is 2. The van der Waals surface area contributed by atoms with E-state index in [2.05, 4.69) is 10.6 Å². The summed E-state index contributed by atoms with van der Waals surface area (Å²) in [5, 5.41) is 5.45. The first-order valence-corrected chi connectivity index (χ1v) is 6.53. The Morgan fingerprint density at radius 1 is 1.25 bits per heavy atom. The summed E-state index contributed by atoms with van der Waals surface area (Å²) in [4.78, 5) is 24.8. The summed E-state index contributed by atoms with van der Waals surface area (Å²) in [5.41, 5.74) is 6.83. The van der Waals surface area contributed by atoms with E-state index in [1.165, 1.54) is 4.90 Å². The number of nitrogen functional groups attached to an aromatic ring is 1. The molecule has 110 valence electrons. The highest BCUT2D eigenvalue weighted by atomic mass is 16.2. The number of rotatable bonds is 5. The van der Waals surface area contributed by atoms with E-state index in [0.29, 0.717) is 23.8 Å². The molecule has 0 aliphatic carbocycles. The third-order valence-electron chi connectivity index (χ3n) is 2.60. The minimum absolute atomic E-state index is 0.0214. The van der Waals surface area contributed by atoms with Gasteiger partial charge in [0.05, 0.1) is 0 Å². The van der Waals surface area contributed by atoms with Crippen molar-refractivity contribution in [3.8, 4) is 0 Å². The number of amides is 3. The predicted octanol–water partition coefficient (Wildman–Crippen LogP) is 1.50. The summed E-state index contributed by atoms with van der Waals surface area (Å²) in [5.74, 6) is 0.210. The molecule has 4 N–H and O–H groups in total. The van der Waals surface area contributed by atoms with E-state index < -0.39 is 0 Å². The van der Waals surface area contributed by atoms with Gasteiger partial charge in [0.2, 0.25) is 5.91 Å². The van der Waals surface area contributed by atoms with Gasteiger partial charge in [0, 0.05) is 25.0 Å². The number of benzene rings is 1. The summed E-state index contributed by atoms with van der Waals surface area (Å²) in [6.45, 7) is 4.65. The molecule has 0 saturated heterocycles. The van der Waals surface area contributed by atoms with Crippen molar-refractivity contribution >= 4 is 23.3 Å². The van der Waals surface area contributed by atoms with E-state index in [1.54, 1.807) is 31.3 Å². The molecule has 0 unspecified atom stereocenters. The van der Waals surface area contributed by atoms with E-state index in [1.807, 2.05) is 13.8 Å². The van der Waals surface area contributed by atoms with Gasteiger partial charge in [-0.2, -0.15) is 0 Å². The molecule has 0 heterocycles. The van der Waals surface area contributed by atoms with Gasteiger partial charge in [-0.1, -0.05) is 13.8 Å². The predicted molar refractivity (Wildman–Crippen MR) is 80.4 cm³/mol. The number of hydrogen-bond donors (Lipinski definition) is 3. The maximum Gasteiger partial charge on any atom is 0.322 e. The first kappa shape index (κ1) is 15.8. The standard InChI is InChI=1S/C14H22N4O2/c1-10(2)8-16-13(19)9-18(3)14(20)17-12-6-4-11(15)5-7-12/h4-7,10H,8-9,15H2,1-3H3,(H,16,19)(H,17,20). The van der Waals surface area contributed by atoms with Crippen LogP contribution < -0.4 is 16.4 Å². The smallest absolute Gasteiger partial charge is 0.322 e. The molecule has 0 aromatic heterocycles. The Balaban J connectivity index is 2.42. The fraction of sp³-hybridized carbons (Fsp3) is 0.429. The van der Waals surface area contributed by atoms with Crippen LogP contribution in [0, 0.1) is 5.92 Å². The van der Waals surface area contributed by atoms with Crippen LogP contribution in [0.1, 0.15) is 13.8 Å².